The van der Waals surface area contributed by atoms with Crippen LogP contribution >= 0.6 is 0 Å². The van der Waals surface area contributed by atoms with E-state index < -0.39 is 5.97 Å². The first-order valence-electron chi connectivity index (χ1n) is 11.6. The highest BCUT2D eigenvalue weighted by Crippen LogP contribution is 2.41. The van der Waals surface area contributed by atoms with Crippen molar-refractivity contribution in [1.82, 2.24) is 9.78 Å². The summed E-state index contributed by atoms with van der Waals surface area (Å²) in [5.41, 5.74) is 4.80. The molecule has 174 valence electrons. The zero-order chi connectivity index (χ0) is 23.4. The topological polar surface area (TPSA) is 64.4 Å². The maximum atomic E-state index is 14.1. The molecule has 1 heterocycles. The Bertz CT molecular complexity index is 1090. The third-order valence-corrected chi connectivity index (χ3v) is 6.78. The van der Waals surface area contributed by atoms with E-state index in [0.29, 0.717) is 18.4 Å². The predicted octanol–water partition coefficient (Wildman–Crippen LogP) is 6.13. The van der Waals surface area contributed by atoms with Gasteiger partial charge in [-0.3, -0.25) is 4.68 Å². The lowest BCUT2D eigenvalue weighted by Crippen LogP contribution is -2.26. The molecule has 33 heavy (non-hydrogen) atoms. The van der Waals surface area contributed by atoms with Gasteiger partial charge >= 0.3 is 5.97 Å². The van der Waals surface area contributed by atoms with Gasteiger partial charge in [0.25, 0.3) is 0 Å². The van der Waals surface area contributed by atoms with E-state index >= 15 is 0 Å². The molecule has 5 nitrogen and oxygen atoms in total. The van der Waals surface area contributed by atoms with Gasteiger partial charge in [-0.2, -0.15) is 5.10 Å². The Labute approximate surface area is 194 Å². The Morgan fingerprint density at radius 2 is 1.82 bits per heavy atom. The molecular weight excluding hydrogens is 419 g/mol. The highest BCUT2D eigenvalue weighted by atomic mass is 19.1. The Balaban J connectivity index is 1.60. The zero-order valence-corrected chi connectivity index (χ0v) is 19.2. The molecule has 0 amide bonds. The van der Waals surface area contributed by atoms with E-state index in [2.05, 4.69) is 23.7 Å². The smallest absolute Gasteiger partial charge is 0.329 e. The fourth-order valence-electron chi connectivity index (χ4n) is 5.05. The summed E-state index contributed by atoms with van der Waals surface area (Å²) in [5.74, 6) is -0.310. The van der Waals surface area contributed by atoms with Crippen molar-refractivity contribution < 1.29 is 19.0 Å². The summed E-state index contributed by atoms with van der Waals surface area (Å²) < 4.78 is 21.5. The number of benzene rings is 2. The van der Waals surface area contributed by atoms with Crippen molar-refractivity contribution in [1.29, 1.82) is 0 Å². The van der Waals surface area contributed by atoms with Crippen molar-refractivity contribution in [3.8, 4) is 22.4 Å². The van der Waals surface area contributed by atoms with Crippen LogP contribution < -0.4 is 0 Å². The summed E-state index contributed by atoms with van der Waals surface area (Å²) in [6.45, 7) is 4.49. The Kier molecular flexibility index (Phi) is 7.23. The first-order chi connectivity index (χ1) is 15.9. The molecule has 6 heteroatoms. The van der Waals surface area contributed by atoms with Crippen LogP contribution in [0.15, 0.2) is 54.6 Å². The van der Waals surface area contributed by atoms with Gasteiger partial charge in [0, 0.05) is 11.1 Å². The maximum Gasteiger partial charge on any atom is 0.329 e. The molecule has 2 aromatic carbocycles. The zero-order valence-electron chi connectivity index (χ0n) is 19.2. The van der Waals surface area contributed by atoms with Crippen LogP contribution in [0.3, 0.4) is 0 Å². The highest BCUT2D eigenvalue weighted by molar-refractivity contribution is 5.83. The van der Waals surface area contributed by atoms with Crippen LogP contribution in [0, 0.1) is 24.6 Å². The second-order valence-corrected chi connectivity index (χ2v) is 9.06. The second-order valence-electron chi connectivity index (χ2n) is 9.06. The number of carboxylic acid groups (broad SMARTS) is 1. The molecule has 1 fully saturated rings. The number of rotatable bonds is 8. The van der Waals surface area contributed by atoms with Crippen molar-refractivity contribution >= 4 is 5.97 Å². The number of hydrogen-bond acceptors (Lipinski definition) is 3. The number of aromatic nitrogens is 2. The minimum atomic E-state index is -0.922. The summed E-state index contributed by atoms with van der Waals surface area (Å²) in [4.78, 5) is 10.7. The molecule has 0 radical (unpaired) electrons. The number of carbonyl (C=O) groups is 1. The second kappa shape index (κ2) is 10.3. The monoisotopic (exact) mass is 450 g/mol. The minimum absolute atomic E-state index is 0.183. The van der Waals surface area contributed by atoms with Crippen molar-refractivity contribution in [2.24, 2.45) is 11.8 Å². The van der Waals surface area contributed by atoms with E-state index in [-0.39, 0.29) is 18.5 Å². The Hall–Kier alpha value is -2.99. The first-order valence-corrected chi connectivity index (χ1v) is 11.6. The summed E-state index contributed by atoms with van der Waals surface area (Å²) in [7, 11) is 0. The van der Waals surface area contributed by atoms with Crippen molar-refractivity contribution in [3.63, 3.8) is 0 Å². The van der Waals surface area contributed by atoms with Crippen LogP contribution in [-0.4, -0.2) is 34.1 Å². The number of ether oxygens (including phenoxy) is 1. The lowest BCUT2D eigenvalue weighted by Gasteiger charge is -2.33. The van der Waals surface area contributed by atoms with Gasteiger partial charge in [-0.25, -0.2) is 9.18 Å². The average molecular weight is 451 g/mol. The third-order valence-electron chi connectivity index (χ3n) is 6.78. The molecule has 0 aliphatic heterocycles. The van der Waals surface area contributed by atoms with Crippen LogP contribution in [0.25, 0.3) is 22.4 Å². The van der Waals surface area contributed by atoms with E-state index in [9.17, 15) is 9.18 Å². The van der Waals surface area contributed by atoms with Gasteiger partial charge in [0.1, 0.15) is 12.4 Å². The van der Waals surface area contributed by atoms with Gasteiger partial charge < -0.3 is 9.84 Å². The lowest BCUT2D eigenvalue weighted by atomic mass is 9.79. The number of nitrogens with zero attached hydrogens (tertiary/aromatic N) is 2. The Morgan fingerprint density at radius 1 is 1.12 bits per heavy atom. The molecule has 1 N–H and O–H groups in total. The number of carboxylic acids is 1. The SMILES string of the molecule is Cc1nn(C(C)C2CCC(COCC(=O)O)CC2)c(-c2ccccc2)c1-c1cccc(F)c1. The largest absolute Gasteiger partial charge is 0.480 e. The van der Waals surface area contributed by atoms with Gasteiger partial charge in [0.15, 0.2) is 0 Å². The quantitative estimate of drug-likeness (QED) is 0.448. The van der Waals surface area contributed by atoms with Gasteiger partial charge in [-0.15, -0.1) is 0 Å². The van der Waals surface area contributed by atoms with E-state index in [1.807, 2.05) is 31.2 Å². The minimum Gasteiger partial charge on any atom is -0.480 e. The van der Waals surface area contributed by atoms with Gasteiger partial charge in [0.2, 0.25) is 0 Å². The van der Waals surface area contributed by atoms with Crippen molar-refractivity contribution in [2.45, 2.75) is 45.6 Å². The maximum absolute atomic E-state index is 14.1. The molecular formula is C27H31FN2O3. The first kappa shape index (κ1) is 23.2. The van der Waals surface area contributed by atoms with Gasteiger partial charge in [-0.1, -0.05) is 42.5 Å². The fourth-order valence-corrected chi connectivity index (χ4v) is 5.05. The molecule has 3 aromatic rings. The molecule has 1 unspecified atom stereocenters. The average Bonchev–Trinajstić information content (AvgIpc) is 3.16. The predicted molar refractivity (Wildman–Crippen MR) is 126 cm³/mol. The molecule has 1 atom stereocenters. The summed E-state index contributed by atoms with van der Waals surface area (Å²) in [5, 5.41) is 13.7. The Morgan fingerprint density at radius 3 is 2.48 bits per heavy atom. The molecule has 1 aliphatic rings. The summed E-state index contributed by atoms with van der Waals surface area (Å²) in [6.07, 6.45) is 4.13. The van der Waals surface area contributed by atoms with Crippen LogP contribution in [0.4, 0.5) is 4.39 Å². The van der Waals surface area contributed by atoms with Crippen molar-refractivity contribution in [2.75, 3.05) is 13.2 Å². The van der Waals surface area contributed by atoms with Gasteiger partial charge in [0.05, 0.1) is 24.0 Å². The van der Waals surface area contributed by atoms with Crippen molar-refractivity contribution in [3.05, 3.63) is 66.1 Å². The normalized spacial score (nSPS) is 19.4. The molecule has 0 spiro atoms. The molecule has 1 aromatic heterocycles. The number of halogens is 1. The molecule has 0 saturated heterocycles. The summed E-state index contributed by atoms with van der Waals surface area (Å²) >= 11 is 0. The summed E-state index contributed by atoms with van der Waals surface area (Å²) in [6, 6.07) is 17.1. The molecule has 0 bridgehead atoms. The van der Waals surface area contributed by atoms with Crippen LogP contribution in [0.5, 0.6) is 0 Å². The van der Waals surface area contributed by atoms with Crippen LogP contribution in [0.2, 0.25) is 0 Å². The van der Waals surface area contributed by atoms with Gasteiger partial charge in [-0.05, 0) is 69.1 Å². The standard InChI is InChI=1S/C27H31FN2O3/c1-18-26(23-9-6-10-24(28)15-23)27(22-7-4-3-5-8-22)30(29-18)19(2)21-13-11-20(12-14-21)16-33-17-25(31)32/h3-10,15,19-21H,11-14,16-17H2,1-2H3,(H,31,32). The van der Waals surface area contributed by atoms with Crippen LogP contribution in [0.1, 0.15) is 44.3 Å². The molecule has 1 saturated carbocycles. The van der Waals surface area contributed by atoms with E-state index in [0.717, 1.165) is 53.8 Å². The number of hydrogen-bond donors (Lipinski definition) is 1. The molecule has 4 rings (SSSR count). The molecule has 1 aliphatic carbocycles. The highest BCUT2D eigenvalue weighted by Gasteiger charge is 2.30. The van der Waals surface area contributed by atoms with E-state index in [1.165, 1.54) is 6.07 Å². The van der Waals surface area contributed by atoms with E-state index in [4.69, 9.17) is 14.9 Å². The third kappa shape index (κ3) is 5.33. The van der Waals surface area contributed by atoms with E-state index in [1.54, 1.807) is 12.1 Å². The van der Waals surface area contributed by atoms with Crippen LogP contribution in [-0.2, 0) is 9.53 Å². The number of aliphatic carboxylic acids is 1. The number of aryl methyl sites for hydroxylation is 1. The lowest BCUT2D eigenvalue weighted by molar-refractivity contribution is -0.142. The fraction of sp³-hybridized carbons (Fsp3) is 0.407.